The van der Waals surface area contributed by atoms with Crippen molar-refractivity contribution in [2.75, 3.05) is 20.8 Å². The molecule has 0 atom stereocenters. The Morgan fingerprint density at radius 2 is 2.19 bits per heavy atom. The number of rotatable bonds is 6. The van der Waals surface area contributed by atoms with E-state index in [1.807, 2.05) is 0 Å². The van der Waals surface area contributed by atoms with Crippen molar-refractivity contribution in [2.45, 2.75) is 12.8 Å². The van der Waals surface area contributed by atoms with E-state index in [0.717, 1.165) is 0 Å². The van der Waals surface area contributed by atoms with Gasteiger partial charge in [-0.05, 0) is 6.42 Å². The number of Topliss-reactive ketones (excluding diaryl/α,β-unsaturated/α-hetero) is 1. The minimum Gasteiger partial charge on any atom is -0.480 e. The lowest BCUT2D eigenvalue weighted by atomic mass is 10.2. The van der Waals surface area contributed by atoms with E-state index >= 15 is 0 Å². The van der Waals surface area contributed by atoms with Crippen LogP contribution in [-0.4, -0.2) is 41.7 Å². The number of ether oxygens (including phenoxy) is 2. The van der Waals surface area contributed by atoms with E-state index in [4.69, 9.17) is 14.6 Å². The van der Waals surface area contributed by atoms with Gasteiger partial charge in [0.15, 0.2) is 11.5 Å². The molecule has 0 amide bonds. The zero-order valence-corrected chi connectivity index (χ0v) is 9.27. The number of hydrogen-bond donors (Lipinski definition) is 1. The first kappa shape index (κ1) is 12.4. The second-order valence-corrected chi connectivity index (χ2v) is 3.02. The Labute approximate surface area is 93.2 Å². The molecule has 1 aromatic rings. The molecular formula is C10H14N2O4. The van der Waals surface area contributed by atoms with Crippen LogP contribution in [0.25, 0.3) is 0 Å². The first-order valence-electron chi connectivity index (χ1n) is 4.82. The lowest BCUT2D eigenvalue weighted by Crippen LogP contribution is -2.08. The van der Waals surface area contributed by atoms with Crippen LogP contribution in [0.1, 0.15) is 23.3 Å². The van der Waals surface area contributed by atoms with Gasteiger partial charge < -0.3 is 14.6 Å². The molecule has 0 unspecified atom stereocenters. The Morgan fingerprint density at radius 3 is 2.75 bits per heavy atom. The summed E-state index contributed by atoms with van der Waals surface area (Å²) in [6.07, 6.45) is 1.97. The Hall–Kier alpha value is -1.69. The average Bonchev–Trinajstić information content (AvgIpc) is 2.34. The molecule has 88 valence electrons. The topological polar surface area (TPSA) is 81.5 Å². The fourth-order valence-electron chi connectivity index (χ4n) is 1.15. The van der Waals surface area contributed by atoms with E-state index in [2.05, 4.69) is 9.97 Å². The summed E-state index contributed by atoms with van der Waals surface area (Å²) in [5.41, 5.74) is 0.164. The maximum absolute atomic E-state index is 11.6. The predicted octanol–water partition coefficient (Wildman–Crippen LogP) is 0.449. The number of hydrogen-bond acceptors (Lipinski definition) is 6. The summed E-state index contributed by atoms with van der Waals surface area (Å²) < 4.78 is 9.82. The minimum atomic E-state index is -0.207. The van der Waals surface area contributed by atoms with Gasteiger partial charge in [-0.2, -0.15) is 4.98 Å². The largest absolute Gasteiger partial charge is 0.480 e. The molecule has 0 aliphatic heterocycles. The summed E-state index contributed by atoms with van der Waals surface area (Å²) in [6.45, 7) is -0.0301. The van der Waals surface area contributed by atoms with Crippen LogP contribution in [0.4, 0.5) is 0 Å². The van der Waals surface area contributed by atoms with Crippen LogP contribution >= 0.6 is 0 Å². The highest BCUT2D eigenvalue weighted by Gasteiger charge is 2.16. The molecule has 1 aromatic heterocycles. The maximum Gasteiger partial charge on any atom is 0.246 e. The van der Waals surface area contributed by atoms with Crippen molar-refractivity contribution in [1.29, 1.82) is 0 Å². The van der Waals surface area contributed by atoms with Gasteiger partial charge in [-0.1, -0.05) is 0 Å². The minimum absolute atomic E-state index is 0.0301. The summed E-state index contributed by atoms with van der Waals surface area (Å²) in [7, 11) is 2.86. The molecule has 0 aliphatic carbocycles. The summed E-state index contributed by atoms with van der Waals surface area (Å²) in [5, 5.41) is 8.63. The molecule has 1 heterocycles. The summed E-state index contributed by atoms with van der Waals surface area (Å²) in [6, 6.07) is 0. The van der Waals surface area contributed by atoms with E-state index in [0.29, 0.717) is 6.42 Å². The van der Waals surface area contributed by atoms with Crippen LogP contribution in [0, 0.1) is 0 Å². The SMILES string of the molecule is COc1cnc(C(=O)CCCO)c(OC)n1. The van der Waals surface area contributed by atoms with Gasteiger partial charge in [0, 0.05) is 13.0 Å². The number of aromatic nitrogens is 2. The van der Waals surface area contributed by atoms with E-state index in [-0.39, 0.29) is 36.3 Å². The first-order chi connectivity index (χ1) is 7.72. The number of ketones is 1. The highest BCUT2D eigenvalue weighted by molar-refractivity contribution is 5.96. The van der Waals surface area contributed by atoms with Crippen LogP contribution < -0.4 is 9.47 Å². The monoisotopic (exact) mass is 226 g/mol. The van der Waals surface area contributed by atoms with Crippen molar-refractivity contribution in [3.63, 3.8) is 0 Å². The van der Waals surface area contributed by atoms with Gasteiger partial charge in [0.1, 0.15) is 0 Å². The van der Waals surface area contributed by atoms with Crippen molar-refractivity contribution >= 4 is 5.78 Å². The third kappa shape index (κ3) is 2.90. The Bertz CT molecular complexity index is 368. The number of nitrogens with zero attached hydrogens (tertiary/aromatic N) is 2. The van der Waals surface area contributed by atoms with Crippen molar-refractivity contribution in [3.8, 4) is 11.8 Å². The molecule has 6 nitrogen and oxygen atoms in total. The van der Waals surface area contributed by atoms with Gasteiger partial charge >= 0.3 is 0 Å². The highest BCUT2D eigenvalue weighted by Crippen LogP contribution is 2.18. The molecule has 0 aromatic carbocycles. The molecule has 0 aliphatic rings. The number of carbonyl (C=O) groups excluding carboxylic acids is 1. The third-order valence-corrected chi connectivity index (χ3v) is 1.95. The normalized spacial score (nSPS) is 9.94. The molecule has 16 heavy (non-hydrogen) atoms. The van der Waals surface area contributed by atoms with Crippen molar-refractivity contribution < 1.29 is 19.4 Å². The van der Waals surface area contributed by atoms with E-state index in [1.54, 1.807) is 0 Å². The Balaban J connectivity index is 2.90. The van der Waals surface area contributed by atoms with Crippen LogP contribution in [0.3, 0.4) is 0 Å². The van der Waals surface area contributed by atoms with Crippen molar-refractivity contribution in [1.82, 2.24) is 9.97 Å². The molecule has 1 rings (SSSR count). The van der Waals surface area contributed by atoms with E-state index < -0.39 is 0 Å². The highest BCUT2D eigenvalue weighted by atomic mass is 16.5. The van der Waals surface area contributed by atoms with Gasteiger partial charge in [0.2, 0.25) is 11.8 Å². The Kier molecular flexibility index (Phi) is 4.65. The average molecular weight is 226 g/mol. The van der Waals surface area contributed by atoms with Gasteiger partial charge in [0.25, 0.3) is 0 Å². The zero-order chi connectivity index (χ0) is 12.0. The molecule has 0 radical (unpaired) electrons. The molecular weight excluding hydrogens is 212 g/mol. The molecule has 1 N–H and O–H groups in total. The summed E-state index contributed by atoms with van der Waals surface area (Å²) in [5.74, 6) is 0.221. The zero-order valence-electron chi connectivity index (χ0n) is 9.27. The van der Waals surface area contributed by atoms with E-state index in [1.165, 1.54) is 20.4 Å². The van der Waals surface area contributed by atoms with Gasteiger partial charge in [-0.15, -0.1) is 0 Å². The van der Waals surface area contributed by atoms with Gasteiger partial charge in [-0.3, -0.25) is 4.79 Å². The number of aliphatic hydroxyl groups is 1. The molecule has 0 bridgehead atoms. The van der Waals surface area contributed by atoms with Gasteiger partial charge in [-0.25, -0.2) is 4.98 Å². The molecule has 0 spiro atoms. The van der Waals surface area contributed by atoms with Crippen LogP contribution in [-0.2, 0) is 0 Å². The van der Waals surface area contributed by atoms with Crippen LogP contribution in [0.15, 0.2) is 6.20 Å². The summed E-state index contributed by atoms with van der Waals surface area (Å²) >= 11 is 0. The fourth-order valence-corrected chi connectivity index (χ4v) is 1.15. The second kappa shape index (κ2) is 6.02. The molecule has 0 saturated heterocycles. The quantitative estimate of drug-likeness (QED) is 0.709. The second-order valence-electron chi connectivity index (χ2n) is 3.02. The molecule has 0 fully saturated rings. The first-order valence-corrected chi connectivity index (χ1v) is 4.82. The summed E-state index contributed by atoms with van der Waals surface area (Å²) in [4.78, 5) is 19.5. The molecule has 0 saturated carbocycles. The smallest absolute Gasteiger partial charge is 0.246 e. The fraction of sp³-hybridized carbons (Fsp3) is 0.500. The Morgan fingerprint density at radius 1 is 1.44 bits per heavy atom. The van der Waals surface area contributed by atoms with Crippen LogP contribution in [0.2, 0.25) is 0 Å². The maximum atomic E-state index is 11.6. The lowest BCUT2D eigenvalue weighted by molar-refractivity contribution is 0.0962. The van der Waals surface area contributed by atoms with Crippen molar-refractivity contribution in [2.24, 2.45) is 0 Å². The number of aliphatic hydroxyl groups excluding tert-OH is 1. The number of carbonyl (C=O) groups is 1. The van der Waals surface area contributed by atoms with E-state index in [9.17, 15) is 4.79 Å². The number of methoxy groups -OCH3 is 2. The standard InChI is InChI=1S/C10H14N2O4/c1-15-8-6-11-9(10(12-8)16-2)7(14)4-3-5-13/h6,13H,3-5H2,1-2H3. The van der Waals surface area contributed by atoms with Crippen molar-refractivity contribution in [3.05, 3.63) is 11.9 Å². The van der Waals surface area contributed by atoms with Crippen LogP contribution in [0.5, 0.6) is 11.8 Å². The predicted molar refractivity (Wildman–Crippen MR) is 55.8 cm³/mol. The lowest BCUT2D eigenvalue weighted by Gasteiger charge is -2.06. The molecule has 6 heteroatoms. The third-order valence-electron chi connectivity index (χ3n) is 1.95. The van der Waals surface area contributed by atoms with Gasteiger partial charge in [0.05, 0.1) is 20.4 Å².